The molecule has 0 unspecified atom stereocenters. The molecule has 0 aliphatic heterocycles. The summed E-state index contributed by atoms with van der Waals surface area (Å²) in [4.78, 5) is 11.7. The molecule has 0 spiro atoms. The minimum Gasteiger partial charge on any atom is -0.508 e. The Labute approximate surface area is 103 Å². The summed E-state index contributed by atoms with van der Waals surface area (Å²) in [7, 11) is 0. The van der Waals surface area contributed by atoms with Crippen molar-refractivity contribution >= 4 is 5.91 Å². The third-order valence-corrected chi connectivity index (χ3v) is 2.32. The second kappa shape index (κ2) is 5.17. The number of aromatic hydroxyl groups is 2. The van der Waals surface area contributed by atoms with Gasteiger partial charge >= 0.3 is 0 Å². The number of phenols is 2. The number of phenolic OH excluding ortho intramolecular Hbond substituents is 2. The van der Waals surface area contributed by atoms with Gasteiger partial charge in [0.15, 0.2) is 0 Å². The highest BCUT2D eigenvalue weighted by molar-refractivity contribution is 5.97. The molecule has 0 aliphatic carbocycles. The Morgan fingerprint density at radius 3 is 2.94 bits per heavy atom. The lowest BCUT2D eigenvalue weighted by atomic mass is 10.2. The summed E-state index contributed by atoms with van der Waals surface area (Å²) in [5, 5.41) is 28.7. The average Bonchev–Trinajstić information content (AvgIpc) is 2.85. The molecule has 0 radical (unpaired) electrons. The number of hydrogen-bond acceptors (Lipinski definition) is 5. The Morgan fingerprint density at radius 1 is 1.39 bits per heavy atom. The van der Waals surface area contributed by atoms with Crippen molar-refractivity contribution in [3.05, 3.63) is 36.2 Å². The molecule has 7 nitrogen and oxygen atoms in total. The maximum atomic E-state index is 11.7. The Bertz CT molecular complexity index is 539. The molecule has 0 saturated carbocycles. The van der Waals surface area contributed by atoms with Crippen molar-refractivity contribution in [2.24, 2.45) is 0 Å². The molecular weight excluding hydrogens is 236 g/mol. The van der Waals surface area contributed by atoms with Gasteiger partial charge in [0, 0.05) is 12.7 Å². The van der Waals surface area contributed by atoms with Gasteiger partial charge in [-0.3, -0.25) is 9.48 Å². The smallest absolute Gasteiger partial charge is 0.255 e. The van der Waals surface area contributed by atoms with Gasteiger partial charge in [0.05, 0.1) is 18.3 Å². The van der Waals surface area contributed by atoms with Gasteiger partial charge in [-0.2, -0.15) is 0 Å². The van der Waals surface area contributed by atoms with Gasteiger partial charge in [0.25, 0.3) is 5.91 Å². The summed E-state index contributed by atoms with van der Waals surface area (Å²) in [5.41, 5.74) is 0.0357. The van der Waals surface area contributed by atoms with Crippen LogP contribution in [-0.2, 0) is 6.54 Å². The zero-order valence-electron chi connectivity index (χ0n) is 9.45. The van der Waals surface area contributed by atoms with Crippen molar-refractivity contribution in [1.29, 1.82) is 0 Å². The number of benzene rings is 1. The number of amides is 1. The molecular formula is C11H12N4O3. The van der Waals surface area contributed by atoms with Gasteiger partial charge in [-0.15, -0.1) is 5.10 Å². The highest BCUT2D eigenvalue weighted by atomic mass is 16.3. The number of nitrogens with zero attached hydrogens (tertiary/aromatic N) is 3. The Balaban J connectivity index is 1.93. The first-order valence-electron chi connectivity index (χ1n) is 5.31. The fourth-order valence-corrected chi connectivity index (χ4v) is 1.44. The predicted octanol–water partition coefficient (Wildman–Crippen LogP) is 0.119. The van der Waals surface area contributed by atoms with Gasteiger partial charge in [-0.05, 0) is 18.2 Å². The molecule has 1 heterocycles. The molecule has 1 aromatic heterocycles. The van der Waals surface area contributed by atoms with E-state index in [-0.39, 0.29) is 17.1 Å². The highest BCUT2D eigenvalue weighted by Gasteiger charge is 2.11. The maximum absolute atomic E-state index is 11.7. The van der Waals surface area contributed by atoms with Crippen molar-refractivity contribution < 1.29 is 15.0 Å². The minimum absolute atomic E-state index is 0.0357. The molecule has 94 valence electrons. The van der Waals surface area contributed by atoms with Crippen molar-refractivity contribution in [1.82, 2.24) is 20.3 Å². The molecule has 18 heavy (non-hydrogen) atoms. The lowest BCUT2D eigenvalue weighted by Gasteiger charge is -2.07. The number of carbonyl (C=O) groups excluding carboxylic acids is 1. The topological polar surface area (TPSA) is 100 Å². The van der Waals surface area contributed by atoms with Crippen LogP contribution in [0.4, 0.5) is 0 Å². The maximum Gasteiger partial charge on any atom is 0.255 e. The molecule has 0 saturated heterocycles. The van der Waals surface area contributed by atoms with Crippen LogP contribution in [0, 0.1) is 0 Å². The second-order valence-corrected chi connectivity index (χ2v) is 3.62. The zero-order valence-corrected chi connectivity index (χ0v) is 9.45. The largest absolute Gasteiger partial charge is 0.508 e. The Hall–Kier alpha value is -2.57. The van der Waals surface area contributed by atoms with Crippen molar-refractivity contribution in [3.63, 3.8) is 0 Å². The molecule has 0 atom stereocenters. The lowest BCUT2D eigenvalue weighted by molar-refractivity contribution is 0.0949. The van der Waals surface area contributed by atoms with Crippen LogP contribution in [0.15, 0.2) is 30.6 Å². The van der Waals surface area contributed by atoms with Crippen LogP contribution in [0.3, 0.4) is 0 Å². The van der Waals surface area contributed by atoms with Crippen LogP contribution >= 0.6 is 0 Å². The summed E-state index contributed by atoms with van der Waals surface area (Å²) in [6.07, 6.45) is 3.22. The third kappa shape index (κ3) is 2.76. The normalized spacial score (nSPS) is 10.2. The monoisotopic (exact) mass is 248 g/mol. The number of rotatable bonds is 4. The fraction of sp³-hybridized carbons (Fsp3) is 0.182. The minimum atomic E-state index is -0.455. The van der Waals surface area contributed by atoms with E-state index in [0.29, 0.717) is 13.1 Å². The number of aromatic nitrogens is 3. The summed E-state index contributed by atoms with van der Waals surface area (Å²) in [6.45, 7) is 0.822. The van der Waals surface area contributed by atoms with Crippen LogP contribution in [0.25, 0.3) is 0 Å². The molecule has 2 aromatic rings. The Kier molecular flexibility index (Phi) is 3.42. The lowest BCUT2D eigenvalue weighted by Crippen LogP contribution is -2.27. The van der Waals surface area contributed by atoms with Crippen LogP contribution in [0.5, 0.6) is 11.5 Å². The van der Waals surface area contributed by atoms with Crippen molar-refractivity contribution in [2.75, 3.05) is 6.54 Å². The highest BCUT2D eigenvalue weighted by Crippen LogP contribution is 2.21. The van der Waals surface area contributed by atoms with Crippen molar-refractivity contribution in [2.45, 2.75) is 6.54 Å². The van der Waals surface area contributed by atoms with E-state index in [2.05, 4.69) is 15.6 Å². The first-order chi connectivity index (χ1) is 8.66. The molecule has 1 amide bonds. The van der Waals surface area contributed by atoms with E-state index in [0.717, 1.165) is 0 Å². The van der Waals surface area contributed by atoms with E-state index in [1.807, 2.05) is 0 Å². The molecule has 7 heteroatoms. The number of hydrogen-bond donors (Lipinski definition) is 3. The van der Waals surface area contributed by atoms with Gasteiger partial charge in [-0.25, -0.2) is 0 Å². The van der Waals surface area contributed by atoms with Gasteiger partial charge in [0.2, 0.25) is 0 Å². The van der Waals surface area contributed by atoms with E-state index >= 15 is 0 Å². The van der Waals surface area contributed by atoms with E-state index in [4.69, 9.17) is 0 Å². The summed E-state index contributed by atoms with van der Waals surface area (Å²) in [5.74, 6) is -0.705. The molecule has 0 bridgehead atoms. The van der Waals surface area contributed by atoms with E-state index in [1.165, 1.54) is 18.2 Å². The summed E-state index contributed by atoms with van der Waals surface area (Å²) >= 11 is 0. The zero-order chi connectivity index (χ0) is 13.0. The van der Waals surface area contributed by atoms with Gasteiger partial charge < -0.3 is 15.5 Å². The first kappa shape index (κ1) is 11.9. The summed E-state index contributed by atoms with van der Waals surface area (Å²) < 4.78 is 1.57. The van der Waals surface area contributed by atoms with E-state index in [9.17, 15) is 15.0 Å². The fourth-order valence-electron chi connectivity index (χ4n) is 1.44. The second-order valence-electron chi connectivity index (χ2n) is 3.62. The quantitative estimate of drug-likeness (QED) is 0.667. The SMILES string of the molecule is O=C(NCCn1ccnn1)c1cc(O)ccc1O. The Morgan fingerprint density at radius 2 is 2.22 bits per heavy atom. The number of nitrogens with one attached hydrogen (secondary N) is 1. The third-order valence-electron chi connectivity index (χ3n) is 2.32. The van der Waals surface area contributed by atoms with Gasteiger partial charge in [0.1, 0.15) is 11.5 Å². The summed E-state index contributed by atoms with van der Waals surface area (Å²) in [6, 6.07) is 3.78. The van der Waals surface area contributed by atoms with Crippen LogP contribution < -0.4 is 5.32 Å². The van der Waals surface area contributed by atoms with E-state index in [1.54, 1.807) is 17.1 Å². The van der Waals surface area contributed by atoms with Gasteiger partial charge in [-0.1, -0.05) is 5.21 Å². The van der Waals surface area contributed by atoms with Crippen LogP contribution in [0.2, 0.25) is 0 Å². The van der Waals surface area contributed by atoms with Crippen LogP contribution in [0.1, 0.15) is 10.4 Å². The first-order valence-corrected chi connectivity index (χ1v) is 5.31. The predicted molar refractivity (Wildman–Crippen MR) is 62.1 cm³/mol. The van der Waals surface area contributed by atoms with Crippen LogP contribution in [-0.4, -0.2) is 37.7 Å². The molecule has 1 aromatic carbocycles. The standard InChI is InChI=1S/C11H12N4O3/c16-8-1-2-10(17)9(7-8)11(18)12-3-5-15-6-4-13-14-15/h1-2,4,6-7,16-17H,3,5H2,(H,12,18). The number of carbonyl (C=O) groups is 1. The molecule has 0 aliphatic rings. The molecule has 0 fully saturated rings. The van der Waals surface area contributed by atoms with Crippen molar-refractivity contribution in [3.8, 4) is 11.5 Å². The molecule has 3 N–H and O–H groups in total. The average molecular weight is 248 g/mol. The van der Waals surface area contributed by atoms with E-state index < -0.39 is 5.91 Å². The molecule has 2 rings (SSSR count).